The predicted molar refractivity (Wildman–Crippen MR) is 106 cm³/mol. The molecule has 28 heavy (non-hydrogen) atoms. The third-order valence-electron chi connectivity index (χ3n) is 4.27. The molecular formula is C19H19FN6O2. The molecule has 144 valence electrons. The molecule has 0 fully saturated rings. The average molecular weight is 382 g/mol. The van der Waals surface area contributed by atoms with Crippen LogP contribution in [-0.4, -0.2) is 29.8 Å². The van der Waals surface area contributed by atoms with Crippen LogP contribution in [0.3, 0.4) is 0 Å². The van der Waals surface area contributed by atoms with Gasteiger partial charge in [0, 0.05) is 32.5 Å². The maximum absolute atomic E-state index is 14.9. The zero-order chi connectivity index (χ0) is 20.3. The van der Waals surface area contributed by atoms with E-state index < -0.39 is 11.2 Å². The van der Waals surface area contributed by atoms with E-state index in [1.165, 1.54) is 17.9 Å². The molecule has 0 bridgehead atoms. The zero-order valence-corrected chi connectivity index (χ0v) is 15.4. The number of hydrogen-bond donors (Lipinski definition) is 3. The second kappa shape index (κ2) is 7.84. The Hall–Kier alpha value is -3.80. The first-order chi connectivity index (χ1) is 13.5. The Morgan fingerprint density at radius 2 is 2.11 bits per heavy atom. The van der Waals surface area contributed by atoms with Gasteiger partial charge < -0.3 is 25.7 Å². The highest BCUT2D eigenvalue weighted by atomic mass is 19.1. The molecule has 2 heterocycles. The number of nitrogen functional groups attached to an aromatic ring is 1. The standard InChI is InChI=1S/C19H19FN6O2/c1-26-10-11(9-21)18(27)13-15(22)14(20)16(19(28-2)17(13)26)25-8-7-24-12-5-3-4-6-23-12/h3-6,10,25H,7-8,22H2,1-2H3,(H,23,24). The normalized spacial score (nSPS) is 10.5. The number of halogens is 1. The number of nitrogens with zero attached hydrogens (tertiary/aromatic N) is 3. The summed E-state index contributed by atoms with van der Waals surface area (Å²) in [6.07, 6.45) is 3.04. The second-order valence-electron chi connectivity index (χ2n) is 6.02. The minimum Gasteiger partial charge on any atom is -0.492 e. The van der Waals surface area contributed by atoms with E-state index in [4.69, 9.17) is 15.7 Å². The number of fused-ring (bicyclic) bond motifs is 1. The van der Waals surface area contributed by atoms with Crippen molar-refractivity contribution in [3.8, 4) is 11.8 Å². The molecule has 0 saturated heterocycles. The Morgan fingerprint density at radius 3 is 2.75 bits per heavy atom. The quantitative estimate of drug-likeness (QED) is 0.441. The van der Waals surface area contributed by atoms with E-state index in [2.05, 4.69) is 15.6 Å². The van der Waals surface area contributed by atoms with Crippen LogP contribution in [0.1, 0.15) is 5.56 Å². The van der Waals surface area contributed by atoms with Crippen molar-refractivity contribution in [2.24, 2.45) is 7.05 Å². The topological polar surface area (TPSA) is 118 Å². The van der Waals surface area contributed by atoms with Crippen LogP contribution in [0.15, 0.2) is 35.4 Å². The summed E-state index contributed by atoms with van der Waals surface area (Å²) in [7, 11) is 3.01. The number of nitrogens with one attached hydrogen (secondary N) is 2. The summed E-state index contributed by atoms with van der Waals surface area (Å²) < 4.78 is 21.9. The Balaban J connectivity index is 1.99. The van der Waals surface area contributed by atoms with E-state index in [-0.39, 0.29) is 28.1 Å². The summed E-state index contributed by atoms with van der Waals surface area (Å²) in [5.41, 5.74) is 5.20. The average Bonchev–Trinajstić information content (AvgIpc) is 2.71. The lowest BCUT2D eigenvalue weighted by molar-refractivity contribution is 0.416. The zero-order valence-electron chi connectivity index (χ0n) is 15.4. The Morgan fingerprint density at radius 1 is 1.36 bits per heavy atom. The number of hydrogen-bond acceptors (Lipinski definition) is 7. The Bertz CT molecular complexity index is 1120. The molecule has 0 amide bonds. The number of ether oxygens (including phenoxy) is 1. The Labute approximate surface area is 160 Å². The minimum atomic E-state index is -0.797. The molecule has 9 heteroatoms. The van der Waals surface area contributed by atoms with Crippen LogP contribution in [0.4, 0.5) is 21.6 Å². The van der Waals surface area contributed by atoms with Crippen LogP contribution in [0.2, 0.25) is 0 Å². The van der Waals surface area contributed by atoms with Crippen LogP contribution in [0.5, 0.6) is 5.75 Å². The number of aryl methyl sites for hydroxylation is 1. The summed E-state index contributed by atoms with van der Waals surface area (Å²) in [6.45, 7) is 0.808. The number of nitrogens with two attached hydrogens (primary N) is 1. The summed E-state index contributed by atoms with van der Waals surface area (Å²) in [5, 5.41) is 15.1. The lowest BCUT2D eigenvalue weighted by Gasteiger charge is -2.19. The molecule has 2 aromatic heterocycles. The molecule has 0 spiro atoms. The molecule has 1 aromatic carbocycles. The van der Waals surface area contributed by atoms with E-state index in [0.717, 1.165) is 0 Å². The highest BCUT2D eigenvalue weighted by molar-refractivity contribution is 6.00. The Kier molecular flexibility index (Phi) is 5.31. The van der Waals surface area contributed by atoms with E-state index in [9.17, 15) is 9.18 Å². The number of benzene rings is 1. The van der Waals surface area contributed by atoms with E-state index >= 15 is 0 Å². The largest absolute Gasteiger partial charge is 0.492 e. The monoisotopic (exact) mass is 382 g/mol. The van der Waals surface area contributed by atoms with Gasteiger partial charge in [-0.15, -0.1) is 0 Å². The maximum Gasteiger partial charge on any atom is 0.209 e. The highest BCUT2D eigenvalue weighted by Crippen LogP contribution is 2.39. The molecule has 3 aromatic rings. The van der Waals surface area contributed by atoms with Crippen molar-refractivity contribution < 1.29 is 9.13 Å². The molecule has 8 nitrogen and oxygen atoms in total. The number of rotatable bonds is 6. The summed E-state index contributed by atoms with van der Waals surface area (Å²) in [6, 6.07) is 7.28. The minimum absolute atomic E-state index is 0.0510. The van der Waals surface area contributed by atoms with Gasteiger partial charge in [0.1, 0.15) is 23.1 Å². The van der Waals surface area contributed by atoms with Gasteiger partial charge >= 0.3 is 0 Å². The first kappa shape index (κ1) is 19.0. The fourth-order valence-electron chi connectivity index (χ4n) is 3.00. The molecule has 0 aliphatic carbocycles. The SMILES string of the molecule is COc1c(NCCNc2ccccn2)c(F)c(N)c2c(=O)c(C#N)cn(C)c12. The lowest BCUT2D eigenvalue weighted by atomic mass is 10.1. The number of pyridine rings is 2. The first-order valence-corrected chi connectivity index (χ1v) is 8.46. The first-order valence-electron chi connectivity index (χ1n) is 8.46. The van der Waals surface area contributed by atoms with Crippen LogP contribution in [-0.2, 0) is 7.05 Å². The molecule has 0 radical (unpaired) electrons. The molecular weight excluding hydrogens is 363 g/mol. The lowest BCUT2D eigenvalue weighted by Crippen LogP contribution is -2.19. The van der Waals surface area contributed by atoms with Crippen molar-refractivity contribution in [3.05, 3.63) is 52.2 Å². The van der Waals surface area contributed by atoms with Crippen molar-refractivity contribution in [2.45, 2.75) is 0 Å². The van der Waals surface area contributed by atoms with Gasteiger partial charge in [-0.2, -0.15) is 5.26 Å². The van der Waals surface area contributed by atoms with Gasteiger partial charge in [0.2, 0.25) is 5.43 Å². The van der Waals surface area contributed by atoms with Gasteiger partial charge in [-0.1, -0.05) is 6.07 Å². The van der Waals surface area contributed by atoms with Crippen molar-refractivity contribution in [2.75, 3.05) is 36.6 Å². The van der Waals surface area contributed by atoms with Crippen molar-refractivity contribution in [1.29, 1.82) is 5.26 Å². The van der Waals surface area contributed by atoms with Crippen LogP contribution >= 0.6 is 0 Å². The third kappa shape index (κ3) is 3.27. The van der Waals surface area contributed by atoms with Gasteiger partial charge in [-0.05, 0) is 12.1 Å². The number of methoxy groups -OCH3 is 1. The van der Waals surface area contributed by atoms with Gasteiger partial charge in [-0.3, -0.25) is 4.79 Å². The third-order valence-corrected chi connectivity index (χ3v) is 4.27. The molecule has 4 N–H and O–H groups in total. The van der Waals surface area contributed by atoms with Crippen molar-refractivity contribution >= 4 is 28.1 Å². The molecule has 0 aliphatic rings. The molecule has 0 saturated carbocycles. The highest BCUT2D eigenvalue weighted by Gasteiger charge is 2.23. The van der Waals surface area contributed by atoms with Crippen LogP contribution in [0.25, 0.3) is 10.9 Å². The predicted octanol–water partition coefficient (Wildman–Crippen LogP) is 2.06. The number of aromatic nitrogens is 2. The van der Waals surface area contributed by atoms with Gasteiger partial charge in [-0.25, -0.2) is 9.37 Å². The molecule has 3 rings (SSSR count). The maximum atomic E-state index is 14.9. The molecule has 0 unspecified atom stereocenters. The summed E-state index contributed by atoms with van der Waals surface area (Å²) in [5.74, 6) is 0.0409. The fraction of sp³-hybridized carbons (Fsp3) is 0.211. The second-order valence-corrected chi connectivity index (χ2v) is 6.02. The fourth-order valence-corrected chi connectivity index (χ4v) is 3.00. The number of anilines is 3. The van der Waals surface area contributed by atoms with E-state index in [1.807, 2.05) is 18.2 Å². The number of nitriles is 1. The van der Waals surface area contributed by atoms with Crippen molar-refractivity contribution in [3.63, 3.8) is 0 Å². The van der Waals surface area contributed by atoms with Gasteiger partial charge in [0.15, 0.2) is 11.6 Å². The van der Waals surface area contributed by atoms with Gasteiger partial charge in [0.05, 0.1) is 23.7 Å². The summed E-state index contributed by atoms with van der Waals surface area (Å²) >= 11 is 0. The van der Waals surface area contributed by atoms with Crippen LogP contribution < -0.4 is 26.5 Å². The molecule has 0 aliphatic heterocycles. The summed E-state index contributed by atoms with van der Waals surface area (Å²) in [4.78, 5) is 16.7. The molecule has 0 atom stereocenters. The van der Waals surface area contributed by atoms with Crippen molar-refractivity contribution in [1.82, 2.24) is 9.55 Å². The smallest absolute Gasteiger partial charge is 0.209 e. The van der Waals surface area contributed by atoms with Gasteiger partial charge in [0.25, 0.3) is 0 Å². The van der Waals surface area contributed by atoms with Crippen LogP contribution in [0, 0.1) is 17.1 Å². The van der Waals surface area contributed by atoms with E-state index in [0.29, 0.717) is 24.4 Å². The van der Waals surface area contributed by atoms with E-state index in [1.54, 1.807) is 19.3 Å².